The second-order valence-corrected chi connectivity index (χ2v) is 10.4. The summed E-state index contributed by atoms with van der Waals surface area (Å²) in [4.78, 5) is 11.0. The Balaban J connectivity index is 1.85. The number of hydrogen-bond acceptors (Lipinski definition) is 7. The van der Waals surface area contributed by atoms with Crippen molar-refractivity contribution in [1.82, 2.24) is 4.31 Å². The molecule has 9 nitrogen and oxygen atoms in total. The molecule has 0 aliphatic carbocycles. The summed E-state index contributed by atoms with van der Waals surface area (Å²) in [7, 11) is -3.77. The van der Waals surface area contributed by atoms with E-state index in [-0.39, 0.29) is 22.0 Å². The van der Waals surface area contributed by atoms with Gasteiger partial charge >= 0.3 is 0 Å². The van der Waals surface area contributed by atoms with E-state index in [1.807, 2.05) is 0 Å². The van der Waals surface area contributed by atoms with E-state index in [1.54, 1.807) is 24.3 Å². The SMILES string of the molecule is CCCCCCC/C(=N\Nc1ccc(S(=O)(=O)N2CCCC2)cc1[N+](=O)[O-])c1ccc(O)cc1. The van der Waals surface area contributed by atoms with Crippen molar-refractivity contribution in [3.8, 4) is 5.75 Å². The zero-order chi connectivity index (χ0) is 24.6. The Hall–Kier alpha value is -2.98. The molecule has 1 heterocycles. The van der Waals surface area contributed by atoms with Gasteiger partial charge in [-0.2, -0.15) is 9.41 Å². The number of hydrogen-bond donors (Lipinski definition) is 2. The van der Waals surface area contributed by atoms with Crippen LogP contribution in [0.1, 0.15) is 63.9 Å². The van der Waals surface area contributed by atoms with E-state index in [0.29, 0.717) is 25.2 Å². The molecule has 0 bridgehead atoms. The van der Waals surface area contributed by atoms with Gasteiger partial charge < -0.3 is 5.11 Å². The van der Waals surface area contributed by atoms with Gasteiger partial charge in [0, 0.05) is 19.2 Å². The minimum absolute atomic E-state index is 0.0923. The number of benzene rings is 2. The van der Waals surface area contributed by atoms with Gasteiger partial charge in [-0.05, 0) is 67.6 Å². The van der Waals surface area contributed by atoms with Gasteiger partial charge in [0.2, 0.25) is 10.0 Å². The molecule has 0 aromatic heterocycles. The minimum Gasteiger partial charge on any atom is -0.508 e. The van der Waals surface area contributed by atoms with Crippen LogP contribution in [0.4, 0.5) is 11.4 Å². The molecule has 0 unspecified atom stereocenters. The van der Waals surface area contributed by atoms with E-state index >= 15 is 0 Å². The molecule has 2 aromatic rings. The molecule has 0 spiro atoms. The molecule has 2 aromatic carbocycles. The monoisotopic (exact) mass is 488 g/mol. The molecule has 10 heteroatoms. The summed E-state index contributed by atoms with van der Waals surface area (Å²) in [5.74, 6) is 0.143. The number of unbranched alkanes of at least 4 members (excludes halogenated alkanes) is 4. The van der Waals surface area contributed by atoms with Gasteiger partial charge in [-0.1, -0.05) is 32.6 Å². The number of aromatic hydroxyl groups is 1. The summed E-state index contributed by atoms with van der Waals surface area (Å²) in [6.45, 7) is 3.01. The Kier molecular flexibility index (Phi) is 9.00. The van der Waals surface area contributed by atoms with E-state index in [1.165, 1.54) is 22.9 Å². The highest BCUT2D eigenvalue weighted by Crippen LogP contribution is 2.30. The van der Waals surface area contributed by atoms with Crippen molar-refractivity contribution in [1.29, 1.82) is 0 Å². The fourth-order valence-corrected chi connectivity index (χ4v) is 5.47. The fourth-order valence-electron chi connectivity index (χ4n) is 3.94. The first-order chi connectivity index (χ1) is 16.3. The van der Waals surface area contributed by atoms with Crippen molar-refractivity contribution >= 4 is 27.1 Å². The lowest BCUT2D eigenvalue weighted by Gasteiger charge is -2.16. The third-order valence-corrected chi connectivity index (χ3v) is 7.79. The Morgan fingerprint density at radius 3 is 2.41 bits per heavy atom. The Morgan fingerprint density at radius 2 is 1.76 bits per heavy atom. The van der Waals surface area contributed by atoms with E-state index < -0.39 is 14.9 Å². The van der Waals surface area contributed by atoms with Gasteiger partial charge in [-0.3, -0.25) is 15.5 Å². The third-order valence-electron chi connectivity index (χ3n) is 5.90. The zero-order valence-electron chi connectivity index (χ0n) is 19.4. The summed E-state index contributed by atoms with van der Waals surface area (Å²) < 4.78 is 27.0. The van der Waals surface area contributed by atoms with Crippen molar-refractivity contribution in [3.63, 3.8) is 0 Å². The summed E-state index contributed by atoms with van der Waals surface area (Å²) in [6, 6.07) is 10.5. The number of phenolic OH excluding ortho intramolecular Hbond substituents is 1. The van der Waals surface area contributed by atoms with Crippen LogP contribution in [-0.4, -0.2) is 41.6 Å². The topological polar surface area (TPSA) is 125 Å². The molecule has 34 heavy (non-hydrogen) atoms. The molecular formula is C24H32N4O5S. The second-order valence-electron chi connectivity index (χ2n) is 8.43. The lowest BCUT2D eigenvalue weighted by Crippen LogP contribution is -2.27. The van der Waals surface area contributed by atoms with Crippen LogP contribution >= 0.6 is 0 Å². The molecule has 1 fully saturated rings. The average Bonchev–Trinajstić information content (AvgIpc) is 3.37. The van der Waals surface area contributed by atoms with Crippen molar-refractivity contribution in [2.24, 2.45) is 5.10 Å². The van der Waals surface area contributed by atoms with Crippen LogP contribution in [0.3, 0.4) is 0 Å². The van der Waals surface area contributed by atoms with Crippen LogP contribution in [0.25, 0.3) is 0 Å². The largest absolute Gasteiger partial charge is 0.508 e. The molecule has 1 saturated heterocycles. The van der Waals surface area contributed by atoms with Crippen LogP contribution in [0, 0.1) is 10.1 Å². The van der Waals surface area contributed by atoms with Crippen molar-refractivity contribution in [3.05, 3.63) is 58.1 Å². The first-order valence-corrected chi connectivity index (χ1v) is 13.2. The normalized spacial score (nSPS) is 14.9. The standard InChI is InChI=1S/C24H32N4O5S/c1-2-3-4-5-6-9-22(19-10-12-20(29)13-11-19)25-26-23-15-14-21(18-24(23)28(30)31)34(32,33)27-16-7-8-17-27/h10-15,18,26,29H,2-9,16-17H2,1H3/b25-22+. The first kappa shape index (κ1) is 25.6. The van der Waals surface area contributed by atoms with Crippen molar-refractivity contribution < 1.29 is 18.4 Å². The maximum Gasteiger partial charge on any atom is 0.295 e. The van der Waals surface area contributed by atoms with Gasteiger partial charge in [-0.25, -0.2) is 8.42 Å². The Labute approximate surface area is 200 Å². The highest BCUT2D eigenvalue weighted by atomic mass is 32.2. The van der Waals surface area contributed by atoms with Crippen LogP contribution < -0.4 is 5.43 Å². The second kappa shape index (κ2) is 11.9. The number of sulfonamides is 1. The lowest BCUT2D eigenvalue weighted by molar-refractivity contribution is -0.384. The molecule has 0 atom stereocenters. The number of phenols is 1. The summed E-state index contributed by atoms with van der Waals surface area (Å²) >= 11 is 0. The summed E-state index contributed by atoms with van der Waals surface area (Å²) in [5.41, 5.74) is 4.06. The molecule has 0 radical (unpaired) electrons. The number of hydrazone groups is 1. The quantitative estimate of drug-likeness (QED) is 0.182. The van der Waals surface area contributed by atoms with Gasteiger partial charge in [-0.15, -0.1) is 0 Å². The smallest absolute Gasteiger partial charge is 0.295 e. The number of anilines is 1. The number of nitro benzene ring substituents is 1. The van der Waals surface area contributed by atoms with Crippen molar-refractivity contribution in [2.45, 2.75) is 63.2 Å². The van der Waals surface area contributed by atoms with Gasteiger partial charge in [0.1, 0.15) is 11.4 Å². The van der Waals surface area contributed by atoms with Gasteiger partial charge in [0.15, 0.2) is 0 Å². The molecule has 0 amide bonds. The molecular weight excluding hydrogens is 456 g/mol. The van der Waals surface area contributed by atoms with Crippen LogP contribution in [0.15, 0.2) is 52.5 Å². The number of nitro groups is 1. The minimum atomic E-state index is -3.77. The highest BCUT2D eigenvalue weighted by Gasteiger charge is 2.29. The first-order valence-electron chi connectivity index (χ1n) is 11.7. The van der Waals surface area contributed by atoms with Gasteiger partial charge in [0.05, 0.1) is 15.5 Å². The highest BCUT2D eigenvalue weighted by molar-refractivity contribution is 7.89. The summed E-state index contributed by atoms with van der Waals surface area (Å²) in [5, 5.41) is 25.8. The van der Waals surface area contributed by atoms with E-state index in [2.05, 4.69) is 17.5 Å². The predicted molar refractivity (Wildman–Crippen MR) is 133 cm³/mol. The van der Waals surface area contributed by atoms with Crippen LogP contribution in [0.2, 0.25) is 0 Å². The Bertz CT molecular complexity index is 1110. The third kappa shape index (κ3) is 6.54. The molecule has 3 rings (SSSR count). The lowest BCUT2D eigenvalue weighted by atomic mass is 10.0. The van der Waals surface area contributed by atoms with Gasteiger partial charge in [0.25, 0.3) is 5.69 Å². The Morgan fingerprint density at radius 1 is 1.09 bits per heavy atom. The van der Waals surface area contributed by atoms with Crippen molar-refractivity contribution in [2.75, 3.05) is 18.5 Å². The molecule has 184 valence electrons. The maximum absolute atomic E-state index is 12.8. The number of nitrogens with zero attached hydrogens (tertiary/aromatic N) is 3. The molecule has 0 saturated carbocycles. The van der Waals surface area contributed by atoms with E-state index in [0.717, 1.165) is 50.2 Å². The predicted octanol–water partition coefficient (Wildman–Crippen LogP) is 5.26. The molecule has 2 N–H and O–H groups in total. The van der Waals surface area contributed by atoms with E-state index in [9.17, 15) is 23.6 Å². The molecule has 1 aliphatic rings. The number of nitrogens with one attached hydrogen (secondary N) is 1. The summed E-state index contributed by atoms with van der Waals surface area (Å²) in [6.07, 6.45) is 7.64. The maximum atomic E-state index is 12.8. The molecule has 1 aliphatic heterocycles. The van der Waals surface area contributed by atoms with E-state index in [4.69, 9.17) is 0 Å². The van der Waals surface area contributed by atoms with Crippen LogP contribution in [-0.2, 0) is 10.0 Å². The zero-order valence-corrected chi connectivity index (χ0v) is 20.3. The fraction of sp³-hybridized carbons (Fsp3) is 0.458. The average molecular weight is 489 g/mol. The van der Waals surface area contributed by atoms with Crippen LogP contribution in [0.5, 0.6) is 5.75 Å². The number of rotatable bonds is 12.